The molecule has 1 aliphatic heterocycles. The summed E-state index contributed by atoms with van der Waals surface area (Å²) < 4.78 is 15.8. The Labute approximate surface area is 145 Å². The summed E-state index contributed by atoms with van der Waals surface area (Å²) in [6, 6.07) is 5.17. The molecule has 9 nitrogen and oxygen atoms in total. The van der Waals surface area contributed by atoms with Gasteiger partial charge in [-0.25, -0.2) is 4.79 Å². The second-order valence-electron chi connectivity index (χ2n) is 5.46. The number of carbonyl (C=O) groups excluding carboxylic acids is 1. The van der Waals surface area contributed by atoms with Crippen molar-refractivity contribution in [2.75, 3.05) is 46.6 Å². The lowest BCUT2D eigenvalue weighted by Gasteiger charge is -2.27. The molecule has 1 heterocycles. The van der Waals surface area contributed by atoms with Crippen LogP contribution in [-0.2, 0) is 20.9 Å². The van der Waals surface area contributed by atoms with Crippen molar-refractivity contribution in [3.8, 4) is 5.75 Å². The summed E-state index contributed by atoms with van der Waals surface area (Å²) in [6.07, 6.45) is 0.362. The lowest BCUT2D eigenvalue weighted by atomic mass is 10.1. The van der Waals surface area contributed by atoms with Crippen molar-refractivity contribution in [2.24, 2.45) is 0 Å². The highest BCUT2D eigenvalue weighted by Crippen LogP contribution is 2.23. The average molecular weight is 354 g/mol. The van der Waals surface area contributed by atoms with Crippen molar-refractivity contribution in [1.29, 1.82) is 0 Å². The van der Waals surface area contributed by atoms with E-state index < -0.39 is 11.1 Å². The Balaban J connectivity index is 2.02. The Kier molecular flexibility index (Phi) is 7.42. The zero-order valence-corrected chi connectivity index (χ0v) is 14.1. The highest BCUT2D eigenvalue weighted by Gasteiger charge is 2.16. The van der Waals surface area contributed by atoms with Crippen LogP contribution < -0.4 is 4.74 Å². The molecule has 0 amide bonds. The maximum atomic E-state index is 11.7. The van der Waals surface area contributed by atoms with Gasteiger partial charge in [-0.2, -0.15) is 0 Å². The monoisotopic (exact) mass is 354 g/mol. The van der Waals surface area contributed by atoms with E-state index in [1.165, 1.54) is 7.11 Å². The van der Waals surface area contributed by atoms with Crippen LogP contribution in [0.25, 0.3) is 0 Å². The minimum Gasteiger partial charge on any atom is -0.493 e. The van der Waals surface area contributed by atoms with Crippen molar-refractivity contribution >= 4 is 5.97 Å². The van der Waals surface area contributed by atoms with Gasteiger partial charge in [0, 0.05) is 31.6 Å². The van der Waals surface area contributed by atoms with E-state index in [9.17, 15) is 14.9 Å². The number of rotatable bonds is 9. The maximum absolute atomic E-state index is 11.7. The molecule has 1 aromatic rings. The number of ether oxygens (including phenoxy) is 3. The van der Waals surface area contributed by atoms with E-state index in [-0.39, 0.29) is 13.2 Å². The fraction of sp³-hybridized carbons (Fsp3) is 0.562. The molecule has 1 saturated heterocycles. The summed E-state index contributed by atoms with van der Waals surface area (Å²) >= 11 is 0. The molecule has 2 rings (SSSR count). The Morgan fingerprint density at radius 3 is 2.76 bits per heavy atom. The van der Waals surface area contributed by atoms with Gasteiger partial charge in [0.25, 0.3) is 5.09 Å². The predicted octanol–water partition coefficient (Wildman–Crippen LogP) is 1.28. The molecule has 1 fully saturated rings. The van der Waals surface area contributed by atoms with Crippen LogP contribution >= 0.6 is 0 Å². The first-order valence-electron chi connectivity index (χ1n) is 8.01. The molecule has 0 unspecified atom stereocenters. The highest BCUT2D eigenvalue weighted by molar-refractivity contribution is 5.89. The van der Waals surface area contributed by atoms with E-state index in [4.69, 9.17) is 14.2 Å². The van der Waals surface area contributed by atoms with E-state index in [1.54, 1.807) is 12.1 Å². The molecule has 0 spiro atoms. The molecule has 0 N–H and O–H groups in total. The zero-order chi connectivity index (χ0) is 18.1. The second kappa shape index (κ2) is 9.80. The standard InChI is InChI=1S/C16H22N2O7/c1-22-16(19)13-3-4-14(12-17-5-9-23-10-6-17)15(11-13)24-7-2-8-25-18(20)21/h3-4,11H,2,5-10,12H2,1H3. The number of methoxy groups -OCH3 is 1. The summed E-state index contributed by atoms with van der Waals surface area (Å²) in [6.45, 7) is 3.91. The molecule has 0 atom stereocenters. The molecule has 0 bridgehead atoms. The number of hydrogen-bond acceptors (Lipinski definition) is 8. The van der Waals surface area contributed by atoms with E-state index in [0.29, 0.717) is 37.5 Å². The number of nitrogens with zero attached hydrogens (tertiary/aromatic N) is 2. The third-order valence-electron chi connectivity index (χ3n) is 3.73. The van der Waals surface area contributed by atoms with E-state index in [1.807, 2.05) is 6.07 Å². The third kappa shape index (κ3) is 6.20. The molecule has 0 aromatic heterocycles. The van der Waals surface area contributed by atoms with Crippen LogP contribution in [0.3, 0.4) is 0 Å². The molecule has 9 heteroatoms. The van der Waals surface area contributed by atoms with Crippen molar-refractivity contribution in [2.45, 2.75) is 13.0 Å². The maximum Gasteiger partial charge on any atom is 0.337 e. The van der Waals surface area contributed by atoms with Gasteiger partial charge in [0.15, 0.2) is 0 Å². The van der Waals surface area contributed by atoms with Crippen LogP contribution in [0.5, 0.6) is 5.75 Å². The number of carbonyl (C=O) groups is 1. The van der Waals surface area contributed by atoms with E-state index in [0.717, 1.165) is 18.7 Å². The van der Waals surface area contributed by atoms with Gasteiger partial charge in [0.05, 0.1) is 39.1 Å². The van der Waals surface area contributed by atoms with Crippen LogP contribution in [0.1, 0.15) is 22.3 Å². The van der Waals surface area contributed by atoms with Gasteiger partial charge in [-0.3, -0.25) is 4.90 Å². The van der Waals surface area contributed by atoms with Crippen molar-refractivity contribution in [3.05, 3.63) is 39.4 Å². The molecule has 0 aliphatic carbocycles. The lowest BCUT2D eigenvalue weighted by molar-refractivity contribution is -0.757. The van der Waals surface area contributed by atoms with Crippen LogP contribution in [-0.4, -0.2) is 62.6 Å². The van der Waals surface area contributed by atoms with E-state index >= 15 is 0 Å². The van der Waals surface area contributed by atoms with Crippen LogP contribution in [0.2, 0.25) is 0 Å². The smallest absolute Gasteiger partial charge is 0.337 e. The van der Waals surface area contributed by atoms with Crippen molar-refractivity contribution in [1.82, 2.24) is 4.90 Å². The number of hydrogen-bond donors (Lipinski definition) is 0. The van der Waals surface area contributed by atoms with Gasteiger partial charge in [-0.15, -0.1) is 10.1 Å². The fourth-order valence-corrected chi connectivity index (χ4v) is 2.44. The van der Waals surface area contributed by atoms with Gasteiger partial charge in [0.2, 0.25) is 0 Å². The average Bonchev–Trinajstić information content (AvgIpc) is 2.62. The Morgan fingerprint density at radius 1 is 1.32 bits per heavy atom. The minimum absolute atomic E-state index is 0.0392. The van der Waals surface area contributed by atoms with E-state index in [2.05, 4.69) is 9.74 Å². The molecule has 25 heavy (non-hydrogen) atoms. The van der Waals surface area contributed by atoms with Crippen LogP contribution in [0.15, 0.2) is 18.2 Å². The normalized spacial score (nSPS) is 14.8. The predicted molar refractivity (Wildman–Crippen MR) is 86.9 cm³/mol. The van der Waals surface area contributed by atoms with Gasteiger partial charge < -0.3 is 19.0 Å². The molecule has 1 aliphatic rings. The van der Waals surface area contributed by atoms with Gasteiger partial charge in [0.1, 0.15) is 5.75 Å². The summed E-state index contributed by atoms with van der Waals surface area (Å²) in [5, 5.41) is 9.30. The Morgan fingerprint density at radius 2 is 2.08 bits per heavy atom. The molecule has 0 radical (unpaired) electrons. The topological polar surface area (TPSA) is 100 Å². The molecule has 1 aromatic carbocycles. The quantitative estimate of drug-likeness (QED) is 0.283. The number of esters is 1. The van der Waals surface area contributed by atoms with Gasteiger partial charge in [-0.1, -0.05) is 6.07 Å². The first-order chi connectivity index (χ1) is 12.1. The summed E-state index contributed by atoms with van der Waals surface area (Å²) in [5.74, 6) is 0.120. The first-order valence-corrected chi connectivity index (χ1v) is 8.01. The molecule has 138 valence electrons. The minimum atomic E-state index is -0.832. The summed E-state index contributed by atoms with van der Waals surface area (Å²) in [4.78, 5) is 28.3. The highest BCUT2D eigenvalue weighted by atomic mass is 16.9. The van der Waals surface area contributed by atoms with Crippen molar-refractivity contribution < 1.29 is 28.9 Å². The number of benzene rings is 1. The molecule has 0 saturated carbocycles. The lowest BCUT2D eigenvalue weighted by Crippen LogP contribution is -2.35. The fourth-order valence-electron chi connectivity index (χ4n) is 2.44. The SMILES string of the molecule is COC(=O)c1ccc(CN2CCOCC2)c(OCCCO[N+](=O)[O-])c1. The largest absolute Gasteiger partial charge is 0.493 e. The molecular weight excluding hydrogens is 332 g/mol. The van der Waals surface area contributed by atoms with Gasteiger partial charge in [-0.05, 0) is 12.1 Å². The Bertz CT molecular complexity index is 588. The van der Waals surface area contributed by atoms with Crippen LogP contribution in [0, 0.1) is 10.1 Å². The Hall–Kier alpha value is -2.39. The summed E-state index contributed by atoms with van der Waals surface area (Å²) in [7, 11) is 1.32. The zero-order valence-electron chi connectivity index (χ0n) is 14.1. The second-order valence-corrected chi connectivity index (χ2v) is 5.46. The summed E-state index contributed by atoms with van der Waals surface area (Å²) in [5.41, 5.74) is 1.33. The van der Waals surface area contributed by atoms with Crippen LogP contribution in [0.4, 0.5) is 0 Å². The third-order valence-corrected chi connectivity index (χ3v) is 3.73. The first kappa shape index (κ1) is 18.9. The van der Waals surface area contributed by atoms with Crippen molar-refractivity contribution in [3.63, 3.8) is 0 Å². The molecular formula is C16H22N2O7. The van der Waals surface area contributed by atoms with Gasteiger partial charge >= 0.3 is 5.97 Å². The number of morpholine rings is 1.